The molecule has 0 aromatic heterocycles. The van der Waals surface area contributed by atoms with Gasteiger partial charge in [-0.1, -0.05) is 39.0 Å². The number of hydrogen-bond donors (Lipinski definition) is 1. The first kappa shape index (κ1) is 23.7. The van der Waals surface area contributed by atoms with Crippen molar-refractivity contribution in [1.82, 2.24) is 0 Å². The summed E-state index contributed by atoms with van der Waals surface area (Å²) in [6.07, 6.45) is -3.97. The summed E-state index contributed by atoms with van der Waals surface area (Å²) in [4.78, 5) is 0.651. The van der Waals surface area contributed by atoms with Crippen LogP contribution in [-0.4, -0.2) is 36.5 Å². The van der Waals surface area contributed by atoms with Gasteiger partial charge in [0.25, 0.3) is 0 Å². The Kier molecular flexibility index (Phi) is 7.62. The fourth-order valence-corrected chi connectivity index (χ4v) is 5.13. The standard InChI is InChI=1S/C23H31F5OS/c1-2-3-4-15-5-7-16(8-6-15)23(28)19(24)13-22(27,20(25)21(23)26)14-29-17-9-11-18(30)12-10-17/h9-12,15-16,19-21,30H,2-8,13-14H2,1H3. The van der Waals surface area contributed by atoms with Gasteiger partial charge in [0.2, 0.25) is 0 Å². The van der Waals surface area contributed by atoms with Gasteiger partial charge in [-0.05, 0) is 48.9 Å². The average Bonchev–Trinajstić information content (AvgIpc) is 2.75. The minimum absolute atomic E-state index is 0.227. The lowest BCUT2D eigenvalue weighted by Crippen LogP contribution is -2.66. The second-order valence-corrected chi connectivity index (χ2v) is 9.50. The molecule has 7 heteroatoms. The lowest BCUT2D eigenvalue weighted by molar-refractivity contribution is -0.186. The van der Waals surface area contributed by atoms with Crippen molar-refractivity contribution in [3.05, 3.63) is 24.3 Å². The van der Waals surface area contributed by atoms with E-state index in [4.69, 9.17) is 4.74 Å². The summed E-state index contributed by atoms with van der Waals surface area (Å²) in [5, 5.41) is 0. The molecule has 5 atom stereocenters. The van der Waals surface area contributed by atoms with E-state index in [-0.39, 0.29) is 5.75 Å². The summed E-state index contributed by atoms with van der Waals surface area (Å²) >= 11 is 4.12. The summed E-state index contributed by atoms with van der Waals surface area (Å²) in [5.41, 5.74) is -5.91. The highest BCUT2D eigenvalue weighted by Gasteiger charge is 2.67. The first-order valence-electron chi connectivity index (χ1n) is 10.9. The fourth-order valence-electron chi connectivity index (χ4n) is 4.98. The molecule has 5 unspecified atom stereocenters. The molecule has 0 saturated heterocycles. The van der Waals surface area contributed by atoms with Crippen molar-refractivity contribution in [2.45, 2.75) is 93.0 Å². The molecule has 0 radical (unpaired) electrons. The van der Waals surface area contributed by atoms with Crippen molar-refractivity contribution < 1.29 is 26.7 Å². The zero-order valence-corrected chi connectivity index (χ0v) is 18.2. The molecule has 2 aliphatic rings. The van der Waals surface area contributed by atoms with Crippen LogP contribution in [0, 0.1) is 11.8 Å². The summed E-state index contributed by atoms with van der Waals surface area (Å²) < 4.78 is 80.7. The molecule has 1 nitrogen and oxygen atoms in total. The Morgan fingerprint density at radius 1 is 1.00 bits per heavy atom. The van der Waals surface area contributed by atoms with Crippen LogP contribution in [-0.2, 0) is 0 Å². The second-order valence-electron chi connectivity index (χ2n) is 8.98. The van der Waals surface area contributed by atoms with E-state index in [0.29, 0.717) is 36.5 Å². The predicted molar refractivity (Wildman–Crippen MR) is 111 cm³/mol. The zero-order chi connectivity index (χ0) is 21.9. The maximum Gasteiger partial charge on any atom is 0.181 e. The van der Waals surface area contributed by atoms with E-state index in [2.05, 4.69) is 19.6 Å². The molecule has 2 saturated carbocycles. The molecular formula is C23H31F5OS. The Bertz CT molecular complexity index is 681. The van der Waals surface area contributed by atoms with Crippen LogP contribution >= 0.6 is 12.6 Å². The maximum atomic E-state index is 15.6. The zero-order valence-electron chi connectivity index (χ0n) is 17.3. The van der Waals surface area contributed by atoms with Crippen molar-refractivity contribution in [3.63, 3.8) is 0 Å². The van der Waals surface area contributed by atoms with Crippen molar-refractivity contribution in [1.29, 1.82) is 0 Å². The molecule has 0 N–H and O–H groups in total. The third-order valence-corrected chi connectivity index (χ3v) is 7.22. The third-order valence-electron chi connectivity index (χ3n) is 6.93. The van der Waals surface area contributed by atoms with E-state index in [1.165, 1.54) is 12.1 Å². The minimum atomic E-state index is -2.99. The van der Waals surface area contributed by atoms with E-state index < -0.39 is 48.8 Å². The first-order chi connectivity index (χ1) is 14.2. The number of unbranched alkanes of at least 4 members (excludes halogenated alkanes) is 1. The van der Waals surface area contributed by atoms with Crippen LogP contribution in [0.25, 0.3) is 0 Å². The highest BCUT2D eigenvalue weighted by Crippen LogP contribution is 2.52. The van der Waals surface area contributed by atoms with Crippen molar-refractivity contribution in [2.75, 3.05) is 6.61 Å². The summed E-state index contributed by atoms with van der Waals surface area (Å²) in [6.45, 7) is 1.22. The molecule has 30 heavy (non-hydrogen) atoms. The summed E-state index contributed by atoms with van der Waals surface area (Å²) in [6, 6.07) is 6.18. The monoisotopic (exact) mass is 450 g/mol. The van der Waals surface area contributed by atoms with Gasteiger partial charge in [-0.3, -0.25) is 0 Å². The molecule has 0 bridgehead atoms. The van der Waals surface area contributed by atoms with Gasteiger partial charge in [0, 0.05) is 11.3 Å². The highest BCUT2D eigenvalue weighted by atomic mass is 32.1. The van der Waals surface area contributed by atoms with Crippen LogP contribution in [0.1, 0.15) is 58.3 Å². The molecule has 0 heterocycles. The van der Waals surface area contributed by atoms with E-state index >= 15 is 8.78 Å². The van der Waals surface area contributed by atoms with Crippen LogP contribution in [0.3, 0.4) is 0 Å². The normalized spacial score (nSPS) is 39.6. The quantitative estimate of drug-likeness (QED) is 0.342. The number of benzene rings is 1. The largest absolute Gasteiger partial charge is 0.490 e. The van der Waals surface area contributed by atoms with Gasteiger partial charge in [0.15, 0.2) is 23.7 Å². The number of thiol groups is 1. The number of hydrogen-bond acceptors (Lipinski definition) is 2. The van der Waals surface area contributed by atoms with Crippen LogP contribution < -0.4 is 4.74 Å². The summed E-state index contributed by atoms with van der Waals surface area (Å²) in [5.74, 6) is -0.277. The van der Waals surface area contributed by atoms with Crippen LogP contribution in [0.4, 0.5) is 22.0 Å². The molecule has 0 amide bonds. The van der Waals surface area contributed by atoms with Gasteiger partial charge in [-0.25, -0.2) is 22.0 Å². The number of rotatable bonds is 7. The molecular weight excluding hydrogens is 419 g/mol. The first-order valence-corrected chi connectivity index (χ1v) is 11.4. The summed E-state index contributed by atoms with van der Waals surface area (Å²) in [7, 11) is 0. The number of ether oxygens (including phenoxy) is 1. The molecule has 0 aliphatic heterocycles. The predicted octanol–water partition coefficient (Wildman–Crippen LogP) is 7.19. The van der Waals surface area contributed by atoms with Crippen LogP contribution in [0.15, 0.2) is 29.2 Å². The van der Waals surface area contributed by atoms with E-state index in [1.54, 1.807) is 12.1 Å². The number of alkyl halides is 5. The van der Waals surface area contributed by atoms with Gasteiger partial charge in [-0.15, -0.1) is 12.6 Å². The van der Waals surface area contributed by atoms with Crippen molar-refractivity contribution >= 4 is 12.6 Å². The Labute approximate surface area is 181 Å². The Balaban J connectivity index is 1.65. The molecule has 1 aromatic carbocycles. The average molecular weight is 451 g/mol. The van der Waals surface area contributed by atoms with Crippen molar-refractivity contribution in [3.8, 4) is 5.75 Å². The SMILES string of the molecule is CCCCC1CCC(C2(F)C(F)CC(F)(COc3ccc(S)cc3)C(F)C2F)CC1. The van der Waals surface area contributed by atoms with Gasteiger partial charge < -0.3 is 4.74 Å². The Hall–Kier alpha value is -0.980. The van der Waals surface area contributed by atoms with Gasteiger partial charge in [0.1, 0.15) is 18.5 Å². The molecule has 0 spiro atoms. The smallest absolute Gasteiger partial charge is 0.181 e. The molecule has 2 fully saturated rings. The van der Waals surface area contributed by atoms with Gasteiger partial charge in [-0.2, -0.15) is 0 Å². The van der Waals surface area contributed by atoms with E-state index in [1.807, 2.05) is 0 Å². The van der Waals surface area contributed by atoms with E-state index in [0.717, 1.165) is 19.3 Å². The van der Waals surface area contributed by atoms with Crippen LogP contribution in [0.5, 0.6) is 5.75 Å². The van der Waals surface area contributed by atoms with Gasteiger partial charge >= 0.3 is 0 Å². The Morgan fingerprint density at radius 2 is 1.63 bits per heavy atom. The highest BCUT2D eigenvalue weighted by molar-refractivity contribution is 7.80. The van der Waals surface area contributed by atoms with Crippen molar-refractivity contribution in [2.24, 2.45) is 11.8 Å². The lowest BCUT2D eigenvalue weighted by Gasteiger charge is -2.49. The lowest BCUT2D eigenvalue weighted by atomic mass is 9.64. The maximum absolute atomic E-state index is 15.6. The Morgan fingerprint density at radius 3 is 2.23 bits per heavy atom. The third kappa shape index (κ3) is 4.76. The van der Waals surface area contributed by atoms with E-state index in [9.17, 15) is 13.2 Å². The topological polar surface area (TPSA) is 9.23 Å². The second kappa shape index (κ2) is 9.66. The molecule has 2 aliphatic carbocycles. The minimum Gasteiger partial charge on any atom is -0.490 e. The molecule has 1 aromatic rings. The molecule has 3 rings (SSSR count). The number of halogens is 5. The van der Waals surface area contributed by atoms with Crippen LogP contribution in [0.2, 0.25) is 0 Å². The van der Waals surface area contributed by atoms with Gasteiger partial charge in [0.05, 0.1) is 0 Å². The molecule has 170 valence electrons. The fraction of sp³-hybridized carbons (Fsp3) is 0.739.